The number of para-hydroxylation sites is 2. The van der Waals surface area contributed by atoms with Crippen molar-refractivity contribution in [3.05, 3.63) is 65.1 Å². The molecule has 0 saturated heterocycles. The summed E-state index contributed by atoms with van der Waals surface area (Å²) in [7, 11) is 0. The molecule has 0 heterocycles. The van der Waals surface area contributed by atoms with Crippen LogP contribution in [0.4, 0.5) is 11.4 Å². The van der Waals surface area contributed by atoms with Crippen molar-refractivity contribution in [2.75, 3.05) is 0 Å². The number of rotatable bonds is 8. The molecule has 0 amide bonds. The fraction of sp³-hybridized carbons (Fsp3) is 0.483. The van der Waals surface area contributed by atoms with Crippen molar-refractivity contribution in [3.63, 3.8) is 0 Å². The van der Waals surface area contributed by atoms with Crippen molar-refractivity contribution in [3.8, 4) is 0 Å². The van der Waals surface area contributed by atoms with Gasteiger partial charge >= 0.3 is 17.4 Å². The van der Waals surface area contributed by atoms with E-state index in [4.69, 9.17) is 9.98 Å². The first-order valence-electron chi connectivity index (χ1n) is 11.7. The van der Waals surface area contributed by atoms with Crippen LogP contribution >= 0.6 is 0 Å². The number of aliphatic imine (C=N–C) groups is 2. The van der Waals surface area contributed by atoms with Gasteiger partial charge in [0.25, 0.3) is 0 Å². The summed E-state index contributed by atoms with van der Waals surface area (Å²) in [6.07, 6.45) is 2.11. The molecule has 0 aromatic heterocycles. The first-order chi connectivity index (χ1) is 14.5. The largest absolute Gasteiger partial charge is 3.00 e. The van der Waals surface area contributed by atoms with Crippen LogP contribution in [0.3, 0.4) is 0 Å². The van der Waals surface area contributed by atoms with Gasteiger partial charge in [0.1, 0.15) is 0 Å². The maximum absolute atomic E-state index is 5.08. The Kier molecular flexibility index (Phi) is 16.3. The molecule has 0 radical (unpaired) electrons. The molecule has 0 saturated carbocycles. The fourth-order valence-electron chi connectivity index (χ4n) is 4.00. The standard InChI is InChI=1S/C29H41N2.Al.2H2S/c1-18(2)24-13-11-14-25(19(3)4)28(24)30-22(9)17-23(10)31-29-26(20(5)6)15-12-16-27(29)21(7)8;;;/h11-21H,1-10H3;;2*1H2/q-1;+3;;/p-2. The molecule has 0 aliphatic heterocycles. The van der Waals surface area contributed by atoms with Gasteiger partial charge in [-0.05, 0) is 45.9 Å². The number of hydrogen-bond donors (Lipinski definition) is 0. The van der Waals surface area contributed by atoms with Crippen molar-refractivity contribution >= 4 is 67.2 Å². The third kappa shape index (κ3) is 9.16. The zero-order valence-corrected chi connectivity index (χ0v) is 25.7. The van der Waals surface area contributed by atoms with Crippen LogP contribution in [-0.4, -0.2) is 28.8 Å². The van der Waals surface area contributed by atoms with E-state index in [2.05, 4.69) is 112 Å². The SMILES string of the molecule is CC([CH-]C(C)=Nc1c(C(C)C)cccc1C(C)C)=Nc1c(C(C)C)cccc1C(C)C.[Al+3].[SH-].[SH-]. The smallest absolute Gasteiger partial charge is 0.813 e. The van der Waals surface area contributed by atoms with E-state index in [-0.39, 0.29) is 44.4 Å². The van der Waals surface area contributed by atoms with E-state index in [0.29, 0.717) is 23.7 Å². The summed E-state index contributed by atoms with van der Waals surface area (Å²) >= 11 is 0. The minimum Gasteiger partial charge on any atom is -0.813 e. The summed E-state index contributed by atoms with van der Waals surface area (Å²) in [4.78, 5) is 10.2. The Balaban J connectivity index is 0. The molecule has 0 fully saturated rings. The number of nitrogens with zero attached hydrogens (tertiary/aromatic N) is 2. The first-order valence-corrected chi connectivity index (χ1v) is 11.7. The Morgan fingerprint density at radius 1 is 0.559 bits per heavy atom. The van der Waals surface area contributed by atoms with Gasteiger partial charge in [0.2, 0.25) is 0 Å². The van der Waals surface area contributed by atoms with Gasteiger partial charge in [-0.3, -0.25) is 9.98 Å². The summed E-state index contributed by atoms with van der Waals surface area (Å²) in [5.41, 5.74) is 9.45. The predicted octanol–water partition coefficient (Wildman–Crippen LogP) is 8.35. The summed E-state index contributed by atoms with van der Waals surface area (Å²) in [5, 5.41) is 0. The summed E-state index contributed by atoms with van der Waals surface area (Å²) < 4.78 is 0. The molecule has 2 rings (SSSR count). The minimum absolute atomic E-state index is 0. The van der Waals surface area contributed by atoms with Crippen LogP contribution in [0.1, 0.15) is 115 Å². The number of thiol groups is 2. The second kappa shape index (κ2) is 15.8. The van der Waals surface area contributed by atoms with E-state index in [1.165, 1.54) is 22.3 Å². The van der Waals surface area contributed by atoms with Crippen molar-refractivity contribution in [1.82, 2.24) is 0 Å². The minimum atomic E-state index is 0. The van der Waals surface area contributed by atoms with E-state index in [1.54, 1.807) is 0 Å². The molecule has 0 aliphatic carbocycles. The zero-order valence-electron chi connectivity index (χ0n) is 22.7. The Hall–Kier alpha value is -1.12. The van der Waals surface area contributed by atoms with Crippen molar-refractivity contribution in [2.45, 2.75) is 92.9 Å². The number of hydrogen-bond acceptors (Lipinski definition) is 4. The third-order valence-electron chi connectivity index (χ3n) is 5.68. The average Bonchev–Trinajstić information content (AvgIpc) is 2.67. The molecule has 34 heavy (non-hydrogen) atoms. The molecular weight excluding hydrogens is 467 g/mol. The van der Waals surface area contributed by atoms with E-state index < -0.39 is 0 Å². The fourth-order valence-corrected chi connectivity index (χ4v) is 4.00. The van der Waals surface area contributed by atoms with E-state index in [0.717, 1.165) is 22.8 Å². The monoisotopic (exact) mass is 510 g/mol. The molecule has 0 atom stereocenters. The Bertz CT molecular complexity index is 831. The maximum atomic E-state index is 5.08. The second-order valence-corrected chi connectivity index (χ2v) is 9.84. The van der Waals surface area contributed by atoms with Crippen LogP contribution in [0.25, 0.3) is 0 Å². The number of benzene rings is 2. The van der Waals surface area contributed by atoms with Crippen LogP contribution < -0.4 is 0 Å². The zero-order chi connectivity index (χ0) is 23.3. The van der Waals surface area contributed by atoms with Gasteiger partial charge in [-0.2, -0.15) is 0 Å². The van der Waals surface area contributed by atoms with Crippen LogP contribution in [0.15, 0.2) is 46.4 Å². The molecule has 5 heteroatoms. The topological polar surface area (TPSA) is 24.7 Å². The normalized spacial score (nSPS) is 11.9. The van der Waals surface area contributed by atoms with Crippen LogP contribution in [-0.2, 0) is 27.0 Å². The molecule has 2 aromatic carbocycles. The van der Waals surface area contributed by atoms with Crippen molar-refractivity contribution < 1.29 is 0 Å². The Labute approximate surface area is 234 Å². The molecule has 2 aromatic rings. The Morgan fingerprint density at radius 3 is 1.00 bits per heavy atom. The van der Waals surface area contributed by atoms with Gasteiger partial charge in [0.05, 0.1) is 11.4 Å². The molecule has 0 N–H and O–H groups in total. The second-order valence-electron chi connectivity index (χ2n) is 9.84. The summed E-state index contributed by atoms with van der Waals surface area (Å²) in [6, 6.07) is 13.1. The molecule has 0 spiro atoms. The Morgan fingerprint density at radius 2 is 0.794 bits per heavy atom. The third-order valence-corrected chi connectivity index (χ3v) is 5.68. The van der Waals surface area contributed by atoms with Gasteiger partial charge < -0.3 is 33.4 Å². The molecular formula is C29H43AlN2S2. The summed E-state index contributed by atoms with van der Waals surface area (Å²) in [6.45, 7) is 22.1. The van der Waals surface area contributed by atoms with E-state index in [1.807, 2.05) is 0 Å². The molecule has 2 nitrogen and oxygen atoms in total. The van der Waals surface area contributed by atoms with Gasteiger partial charge in [-0.25, -0.2) is 0 Å². The van der Waals surface area contributed by atoms with Crippen LogP contribution in [0.5, 0.6) is 0 Å². The molecule has 0 aliphatic rings. The summed E-state index contributed by atoms with van der Waals surface area (Å²) in [5.74, 6) is 1.75. The quantitative estimate of drug-likeness (QED) is 0.117. The first kappa shape index (κ1) is 35.0. The van der Waals surface area contributed by atoms with Crippen LogP contribution in [0.2, 0.25) is 0 Å². The molecule has 0 bridgehead atoms. The van der Waals surface area contributed by atoms with Crippen molar-refractivity contribution in [1.29, 1.82) is 0 Å². The van der Waals surface area contributed by atoms with Gasteiger partial charge in [-0.1, -0.05) is 106 Å². The average molecular weight is 511 g/mol. The van der Waals surface area contributed by atoms with Gasteiger partial charge in [0.15, 0.2) is 0 Å². The van der Waals surface area contributed by atoms with Crippen LogP contribution in [0, 0.1) is 6.42 Å². The van der Waals surface area contributed by atoms with Gasteiger partial charge in [0, 0.05) is 0 Å². The predicted molar refractivity (Wildman–Crippen MR) is 162 cm³/mol. The molecule has 184 valence electrons. The van der Waals surface area contributed by atoms with E-state index >= 15 is 0 Å². The van der Waals surface area contributed by atoms with E-state index in [9.17, 15) is 0 Å². The van der Waals surface area contributed by atoms with Gasteiger partial charge in [-0.15, -0.1) is 11.4 Å². The van der Waals surface area contributed by atoms with Crippen molar-refractivity contribution in [2.24, 2.45) is 9.98 Å². The maximum Gasteiger partial charge on any atom is 3.00 e. The molecule has 0 unspecified atom stereocenters.